The monoisotopic (exact) mass is 399 g/mol. The number of nitrogens with one attached hydrogen (secondary N) is 1. The summed E-state index contributed by atoms with van der Waals surface area (Å²) in [7, 11) is 0. The van der Waals surface area contributed by atoms with Crippen LogP contribution in [0.1, 0.15) is 36.2 Å². The van der Waals surface area contributed by atoms with E-state index in [0.29, 0.717) is 16.2 Å². The normalized spacial score (nSPS) is 12.1. The fraction of sp³-hybridized carbons (Fsp3) is 0.300. The highest BCUT2D eigenvalue weighted by Gasteiger charge is 2.21. The smallest absolute Gasteiger partial charge is 0.337 e. The molecule has 0 radical (unpaired) electrons. The van der Waals surface area contributed by atoms with E-state index >= 15 is 0 Å². The Labute approximate surface area is 165 Å². The van der Waals surface area contributed by atoms with Crippen molar-refractivity contribution >= 4 is 33.4 Å². The van der Waals surface area contributed by atoms with E-state index in [2.05, 4.69) is 10.3 Å². The maximum absolute atomic E-state index is 13.2. The fourth-order valence-electron chi connectivity index (χ4n) is 2.90. The topological polar surface area (TPSA) is 101 Å². The number of benzene rings is 1. The van der Waals surface area contributed by atoms with Crippen molar-refractivity contribution in [1.29, 1.82) is 0 Å². The van der Waals surface area contributed by atoms with Gasteiger partial charge in [-0.3, -0.25) is 14.2 Å². The number of rotatable bonds is 6. The molecule has 146 valence electrons. The summed E-state index contributed by atoms with van der Waals surface area (Å²) in [6.45, 7) is 5.52. The lowest BCUT2D eigenvalue weighted by molar-refractivity contribution is -0.122. The highest BCUT2D eigenvalue weighted by Crippen LogP contribution is 2.25. The molecule has 2 aromatic heterocycles. The van der Waals surface area contributed by atoms with Crippen LogP contribution in [0.2, 0.25) is 0 Å². The van der Waals surface area contributed by atoms with Gasteiger partial charge < -0.3 is 10.4 Å². The molecule has 0 bridgehead atoms. The van der Waals surface area contributed by atoms with E-state index in [1.165, 1.54) is 9.95 Å². The summed E-state index contributed by atoms with van der Waals surface area (Å²) < 4.78 is 1.26. The second-order valence-corrected chi connectivity index (χ2v) is 7.57. The Kier molecular flexibility index (Phi) is 5.60. The lowest BCUT2D eigenvalue weighted by Crippen LogP contribution is -2.38. The maximum atomic E-state index is 13.2. The van der Waals surface area contributed by atoms with Crippen molar-refractivity contribution in [3.05, 3.63) is 51.1 Å². The zero-order valence-corrected chi connectivity index (χ0v) is 16.7. The summed E-state index contributed by atoms with van der Waals surface area (Å²) in [6, 6.07) is 7.44. The molecule has 7 nitrogen and oxygen atoms in total. The third kappa shape index (κ3) is 3.82. The van der Waals surface area contributed by atoms with Gasteiger partial charge in [0, 0.05) is 17.0 Å². The zero-order chi connectivity index (χ0) is 20.4. The van der Waals surface area contributed by atoms with E-state index in [1.54, 1.807) is 0 Å². The van der Waals surface area contributed by atoms with Gasteiger partial charge in [-0.15, -0.1) is 11.3 Å². The van der Waals surface area contributed by atoms with Crippen LogP contribution in [0.5, 0.6) is 0 Å². The fourth-order valence-corrected chi connectivity index (χ4v) is 3.80. The van der Waals surface area contributed by atoms with Gasteiger partial charge >= 0.3 is 5.97 Å². The molecule has 0 aliphatic heterocycles. The first-order chi connectivity index (χ1) is 13.3. The van der Waals surface area contributed by atoms with Crippen LogP contribution in [-0.2, 0) is 11.3 Å². The lowest BCUT2D eigenvalue weighted by atomic mass is 10.1. The molecule has 3 aromatic rings. The number of aryl methyl sites for hydroxylation is 1. The molecule has 1 unspecified atom stereocenters. The van der Waals surface area contributed by atoms with Crippen LogP contribution in [0.25, 0.3) is 21.6 Å². The van der Waals surface area contributed by atoms with Gasteiger partial charge in [-0.2, -0.15) is 0 Å². The first-order valence-corrected chi connectivity index (χ1v) is 9.81. The number of aromatic nitrogens is 2. The van der Waals surface area contributed by atoms with Crippen LogP contribution >= 0.6 is 11.3 Å². The Morgan fingerprint density at radius 3 is 2.75 bits per heavy atom. The summed E-state index contributed by atoms with van der Waals surface area (Å²) in [5.74, 6) is -1.16. The molecule has 0 saturated carbocycles. The van der Waals surface area contributed by atoms with E-state index in [1.807, 2.05) is 45.0 Å². The summed E-state index contributed by atoms with van der Waals surface area (Å²) >= 11 is 1.11. The van der Waals surface area contributed by atoms with Crippen molar-refractivity contribution in [2.24, 2.45) is 0 Å². The van der Waals surface area contributed by atoms with E-state index in [4.69, 9.17) is 0 Å². The third-order valence-corrected chi connectivity index (χ3v) is 5.39. The Bertz CT molecular complexity index is 1120. The maximum Gasteiger partial charge on any atom is 0.337 e. The predicted octanol–water partition coefficient (Wildman–Crippen LogP) is 3.05. The van der Waals surface area contributed by atoms with E-state index < -0.39 is 11.5 Å². The molecule has 2 N–H and O–H groups in total. The second kappa shape index (κ2) is 7.93. The number of hydrogen-bond acceptors (Lipinski definition) is 5. The van der Waals surface area contributed by atoms with E-state index in [-0.39, 0.29) is 29.4 Å². The first kappa shape index (κ1) is 19.8. The number of carbonyl (C=O) groups excluding carboxylic acids is 1. The summed E-state index contributed by atoms with van der Waals surface area (Å²) in [4.78, 5) is 42.0. The average molecular weight is 399 g/mol. The molecule has 0 spiro atoms. The molecule has 0 saturated heterocycles. The highest BCUT2D eigenvalue weighted by molar-refractivity contribution is 7.17. The molecular weight excluding hydrogens is 378 g/mol. The van der Waals surface area contributed by atoms with E-state index in [0.717, 1.165) is 23.3 Å². The molecule has 3 rings (SSSR count). The van der Waals surface area contributed by atoms with Crippen LogP contribution in [0, 0.1) is 6.92 Å². The van der Waals surface area contributed by atoms with Crippen molar-refractivity contribution in [2.45, 2.75) is 39.8 Å². The molecule has 1 aromatic carbocycles. The Morgan fingerprint density at radius 1 is 1.36 bits per heavy atom. The van der Waals surface area contributed by atoms with Crippen molar-refractivity contribution in [2.75, 3.05) is 0 Å². The van der Waals surface area contributed by atoms with Gasteiger partial charge in [-0.1, -0.05) is 30.7 Å². The van der Waals surface area contributed by atoms with Crippen LogP contribution in [0.15, 0.2) is 34.4 Å². The molecule has 2 heterocycles. The number of thiophene rings is 1. The van der Waals surface area contributed by atoms with Crippen LogP contribution < -0.4 is 10.9 Å². The van der Waals surface area contributed by atoms with Crippen LogP contribution in [-0.4, -0.2) is 32.6 Å². The minimum Gasteiger partial charge on any atom is -0.478 e. The van der Waals surface area contributed by atoms with Gasteiger partial charge in [0.05, 0.1) is 10.9 Å². The minimum absolute atomic E-state index is 0.0296. The van der Waals surface area contributed by atoms with Gasteiger partial charge in [0.1, 0.15) is 17.2 Å². The standard InChI is InChI=1S/C20H21N3O4S/c1-4-12(3)21-15(24)9-23-17(13-7-5-6-11(2)8-13)22-18-16(19(23)25)14(10-28-18)20(26)27/h5-8,10,12H,4,9H2,1-3H3,(H,21,24)(H,26,27). The quantitative estimate of drug-likeness (QED) is 0.663. The summed E-state index contributed by atoms with van der Waals surface area (Å²) in [5.41, 5.74) is 1.06. The highest BCUT2D eigenvalue weighted by atomic mass is 32.1. The summed E-state index contributed by atoms with van der Waals surface area (Å²) in [6.07, 6.45) is 0.760. The van der Waals surface area contributed by atoms with Crippen molar-refractivity contribution in [3.63, 3.8) is 0 Å². The molecule has 0 fully saturated rings. The average Bonchev–Trinajstić information content (AvgIpc) is 3.08. The first-order valence-electron chi connectivity index (χ1n) is 8.93. The van der Waals surface area contributed by atoms with Gasteiger partial charge in [-0.05, 0) is 26.3 Å². The Morgan fingerprint density at radius 2 is 2.11 bits per heavy atom. The molecule has 0 aliphatic carbocycles. The Balaban J connectivity index is 2.21. The largest absolute Gasteiger partial charge is 0.478 e. The van der Waals surface area contributed by atoms with E-state index in [9.17, 15) is 19.5 Å². The Hall–Kier alpha value is -3.00. The molecule has 1 amide bonds. The molecule has 28 heavy (non-hydrogen) atoms. The van der Waals surface area contributed by atoms with Crippen molar-refractivity contribution < 1.29 is 14.7 Å². The van der Waals surface area contributed by atoms with Gasteiger partial charge in [0.15, 0.2) is 0 Å². The molecular formula is C20H21N3O4S. The van der Waals surface area contributed by atoms with Crippen LogP contribution in [0.3, 0.4) is 0 Å². The minimum atomic E-state index is -1.19. The number of hydrogen-bond donors (Lipinski definition) is 2. The van der Waals surface area contributed by atoms with Gasteiger partial charge in [0.25, 0.3) is 5.56 Å². The molecule has 1 atom stereocenters. The SMILES string of the molecule is CCC(C)NC(=O)Cn1c(-c2cccc(C)c2)nc2scc(C(=O)O)c2c1=O. The zero-order valence-electron chi connectivity index (χ0n) is 15.9. The predicted molar refractivity (Wildman–Crippen MR) is 109 cm³/mol. The van der Waals surface area contributed by atoms with Crippen molar-refractivity contribution in [3.8, 4) is 11.4 Å². The number of amides is 1. The summed E-state index contributed by atoms with van der Waals surface area (Å²) in [5, 5.41) is 13.7. The molecule has 0 aliphatic rings. The number of nitrogens with zero attached hydrogens (tertiary/aromatic N) is 2. The number of carboxylic acid groups (broad SMARTS) is 1. The lowest BCUT2D eigenvalue weighted by Gasteiger charge is -2.15. The van der Waals surface area contributed by atoms with Crippen molar-refractivity contribution in [1.82, 2.24) is 14.9 Å². The number of carboxylic acids is 1. The van der Waals surface area contributed by atoms with Gasteiger partial charge in [0.2, 0.25) is 5.91 Å². The number of fused-ring (bicyclic) bond motifs is 1. The third-order valence-electron chi connectivity index (χ3n) is 4.52. The number of carbonyl (C=O) groups is 2. The van der Waals surface area contributed by atoms with Crippen LogP contribution in [0.4, 0.5) is 0 Å². The molecule has 8 heteroatoms. The second-order valence-electron chi connectivity index (χ2n) is 6.71. The number of aromatic carboxylic acids is 1. The van der Waals surface area contributed by atoms with Gasteiger partial charge in [-0.25, -0.2) is 9.78 Å².